The van der Waals surface area contributed by atoms with Gasteiger partial charge >= 0.3 is 5.63 Å². The van der Waals surface area contributed by atoms with Crippen LogP contribution in [0.25, 0.3) is 22.4 Å². The highest BCUT2D eigenvalue weighted by Gasteiger charge is 2.15. The standard InChI is InChI=1S/C31H24N2O4/c1-20-8-10-22(11-9-20)18-29(23-12-15-26(16-13-23)36-25-6-4-3-5-7-25)30(34)32-24-14-17-27-28(19-24)21(2)33-37-31(27)35/h3-19H,1-2H3,(H,32,34)/b29-18+. The third-order valence-corrected chi connectivity index (χ3v) is 5.93. The van der Waals surface area contributed by atoms with Gasteiger partial charge in [0.15, 0.2) is 0 Å². The number of benzene rings is 4. The van der Waals surface area contributed by atoms with E-state index in [0.717, 1.165) is 22.4 Å². The van der Waals surface area contributed by atoms with E-state index in [4.69, 9.17) is 9.26 Å². The molecule has 0 saturated carbocycles. The van der Waals surface area contributed by atoms with E-state index in [9.17, 15) is 9.59 Å². The Balaban J connectivity index is 1.47. The summed E-state index contributed by atoms with van der Waals surface area (Å²) in [4.78, 5) is 25.5. The van der Waals surface area contributed by atoms with Crippen molar-refractivity contribution < 1.29 is 14.1 Å². The second-order valence-corrected chi connectivity index (χ2v) is 8.68. The topological polar surface area (TPSA) is 81.4 Å². The zero-order valence-electron chi connectivity index (χ0n) is 20.4. The molecule has 5 aromatic rings. The Labute approximate surface area is 213 Å². The smallest absolute Gasteiger partial charge is 0.366 e. The Morgan fingerprint density at radius 2 is 1.54 bits per heavy atom. The lowest BCUT2D eigenvalue weighted by atomic mass is 10.0. The Kier molecular flexibility index (Phi) is 6.64. The fourth-order valence-electron chi connectivity index (χ4n) is 3.94. The van der Waals surface area contributed by atoms with Crippen molar-refractivity contribution in [3.63, 3.8) is 0 Å². The van der Waals surface area contributed by atoms with Crippen molar-refractivity contribution >= 4 is 34.0 Å². The van der Waals surface area contributed by atoms with Crippen LogP contribution in [0.4, 0.5) is 5.69 Å². The van der Waals surface area contributed by atoms with E-state index >= 15 is 0 Å². The molecule has 37 heavy (non-hydrogen) atoms. The molecule has 182 valence electrons. The Morgan fingerprint density at radius 3 is 2.27 bits per heavy atom. The molecule has 1 heterocycles. The second kappa shape index (κ2) is 10.3. The van der Waals surface area contributed by atoms with Gasteiger partial charge in [-0.25, -0.2) is 4.79 Å². The van der Waals surface area contributed by atoms with E-state index < -0.39 is 5.63 Å². The van der Waals surface area contributed by atoms with Crippen LogP contribution in [0.15, 0.2) is 106 Å². The van der Waals surface area contributed by atoms with Gasteiger partial charge in [-0.1, -0.05) is 65.3 Å². The largest absolute Gasteiger partial charge is 0.457 e. The number of carbonyl (C=O) groups excluding carboxylic acids is 1. The summed E-state index contributed by atoms with van der Waals surface area (Å²) in [5.74, 6) is 1.12. The summed E-state index contributed by atoms with van der Waals surface area (Å²) >= 11 is 0. The van der Waals surface area contributed by atoms with Crippen molar-refractivity contribution in [1.82, 2.24) is 5.16 Å². The minimum absolute atomic E-state index is 0.287. The summed E-state index contributed by atoms with van der Waals surface area (Å²) in [6, 6.07) is 29.9. The van der Waals surface area contributed by atoms with Crippen LogP contribution < -0.4 is 15.7 Å². The van der Waals surface area contributed by atoms with Crippen molar-refractivity contribution in [2.75, 3.05) is 5.32 Å². The van der Waals surface area contributed by atoms with Crippen LogP contribution in [-0.4, -0.2) is 11.1 Å². The number of hydrogen-bond donors (Lipinski definition) is 1. The molecule has 1 aromatic heterocycles. The summed E-state index contributed by atoms with van der Waals surface area (Å²) in [6.45, 7) is 3.77. The first-order chi connectivity index (χ1) is 18.0. The number of nitrogens with one attached hydrogen (secondary N) is 1. The quantitative estimate of drug-likeness (QED) is 0.211. The Hall–Kier alpha value is -4.97. The van der Waals surface area contributed by atoms with Gasteiger partial charge in [-0.15, -0.1) is 0 Å². The van der Waals surface area contributed by atoms with Gasteiger partial charge in [-0.2, -0.15) is 0 Å². The van der Waals surface area contributed by atoms with Gasteiger partial charge < -0.3 is 14.6 Å². The minimum atomic E-state index is -0.517. The molecule has 0 bridgehead atoms. The van der Waals surface area contributed by atoms with Crippen molar-refractivity contribution in [1.29, 1.82) is 0 Å². The van der Waals surface area contributed by atoms with Crippen LogP contribution in [0.1, 0.15) is 22.4 Å². The molecule has 0 atom stereocenters. The predicted molar refractivity (Wildman–Crippen MR) is 146 cm³/mol. The molecular formula is C31H24N2O4. The van der Waals surface area contributed by atoms with E-state index in [-0.39, 0.29) is 5.91 Å². The van der Waals surface area contributed by atoms with Gasteiger partial charge in [-0.05, 0) is 73.5 Å². The first-order valence-electron chi connectivity index (χ1n) is 11.8. The van der Waals surface area contributed by atoms with Gasteiger partial charge in [0.1, 0.15) is 11.5 Å². The SMILES string of the molecule is Cc1ccc(/C=C(/C(=O)Nc2ccc3c(=O)onc(C)c3c2)c2ccc(Oc3ccccc3)cc2)cc1. The number of ether oxygens (including phenoxy) is 1. The van der Waals surface area contributed by atoms with Crippen molar-refractivity contribution in [2.24, 2.45) is 0 Å². The van der Waals surface area contributed by atoms with Crippen LogP contribution in [0, 0.1) is 13.8 Å². The van der Waals surface area contributed by atoms with Crippen molar-refractivity contribution in [3.8, 4) is 11.5 Å². The highest BCUT2D eigenvalue weighted by atomic mass is 16.5. The first-order valence-corrected chi connectivity index (χ1v) is 11.8. The average Bonchev–Trinajstić information content (AvgIpc) is 2.92. The molecule has 4 aromatic carbocycles. The van der Waals surface area contributed by atoms with Gasteiger partial charge in [0.2, 0.25) is 0 Å². The fourth-order valence-corrected chi connectivity index (χ4v) is 3.94. The third kappa shape index (κ3) is 5.49. The van der Waals surface area contributed by atoms with E-state index in [1.807, 2.05) is 91.9 Å². The maximum Gasteiger partial charge on any atom is 0.366 e. The van der Waals surface area contributed by atoms with E-state index in [2.05, 4.69) is 10.5 Å². The second-order valence-electron chi connectivity index (χ2n) is 8.68. The maximum absolute atomic E-state index is 13.5. The average molecular weight is 489 g/mol. The number of para-hydroxylation sites is 1. The molecule has 0 radical (unpaired) electrons. The summed E-state index contributed by atoms with van der Waals surface area (Å²) in [7, 11) is 0. The maximum atomic E-state index is 13.5. The summed E-state index contributed by atoms with van der Waals surface area (Å²) < 4.78 is 10.7. The molecule has 1 amide bonds. The molecule has 0 saturated heterocycles. The Morgan fingerprint density at radius 1 is 0.838 bits per heavy atom. The molecule has 1 N–H and O–H groups in total. The number of carbonyl (C=O) groups is 1. The van der Waals surface area contributed by atoms with Crippen molar-refractivity contribution in [3.05, 3.63) is 130 Å². The van der Waals surface area contributed by atoms with Crippen molar-refractivity contribution in [2.45, 2.75) is 13.8 Å². The van der Waals surface area contributed by atoms with E-state index in [1.54, 1.807) is 25.1 Å². The molecule has 6 nitrogen and oxygen atoms in total. The number of rotatable bonds is 6. The summed E-state index contributed by atoms with van der Waals surface area (Å²) in [6.07, 6.45) is 1.85. The van der Waals surface area contributed by atoms with Crippen LogP contribution in [-0.2, 0) is 4.79 Å². The van der Waals surface area contributed by atoms with E-state index in [0.29, 0.717) is 33.5 Å². The highest BCUT2D eigenvalue weighted by molar-refractivity contribution is 6.29. The molecule has 6 heteroatoms. The molecule has 0 aliphatic rings. The van der Waals surface area contributed by atoms with Crippen LogP contribution in [0.5, 0.6) is 11.5 Å². The van der Waals surface area contributed by atoms with Gasteiger partial charge in [0.25, 0.3) is 5.91 Å². The third-order valence-electron chi connectivity index (χ3n) is 5.93. The molecule has 0 spiro atoms. The van der Waals surface area contributed by atoms with Crippen LogP contribution >= 0.6 is 0 Å². The zero-order valence-corrected chi connectivity index (χ0v) is 20.4. The van der Waals surface area contributed by atoms with Gasteiger partial charge in [-0.3, -0.25) is 4.79 Å². The predicted octanol–water partition coefficient (Wildman–Crippen LogP) is 6.78. The molecule has 0 unspecified atom stereocenters. The molecule has 0 aliphatic heterocycles. The van der Waals surface area contributed by atoms with Gasteiger partial charge in [0.05, 0.1) is 11.1 Å². The van der Waals surface area contributed by atoms with Gasteiger partial charge in [0, 0.05) is 16.6 Å². The monoisotopic (exact) mass is 488 g/mol. The number of aromatic nitrogens is 1. The first kappa shape index (κ1) is 23.8. The molecule has 0 aliphatic carbocycles. The lowest BCUT2D eigenvalue weighted by Gasteiger charge is -2.12. The minimum Gasteiger partial charge on any atom is -0.457 e. The molecular weight excluding hydrogens is 464 g/mol. The number of anilines is 1. The number of amides is 1. The Bertz CT molecular complexity index is 1650. The van der Waals surface area contributed by atoms with Crippen LogP contribution in [0.3, 0.4) is 0 Å². The lowest BCUT2D eigenvalue weighted by Crippen LogP contribution is -2.14. The zero-order chi connectivity index (χ0) is 25.8. The number of aryl methyl sites for hydroxylation is 2. The number of hydrogen-bond acceptors (Lipinski definition) is 5. The summed E-state index contributed by atoms with van der Waals surface area (Å²) in [5, 5.41) is 7.79. The number of fused-ring (bicyclic) bond motifs is 1. The lowest BCUT2D eigenvalue weighted by molar-refractivity contribution is -0.111. The highest BCUT2D eigenvalue weighted by Crippen LogP contribution is 2.27. The molecule has 0 fully saturated rings. The van der Waals surface area contributed by atoms with E-state index in [1.165, 1.54) is 0 Å². The fraction of sp³-hybridized carbons (Fsp3) is 0.0645. The summed E-state index contributed by atoms with van der Waals surface area (Å²) in [5.41, 5.74) is 3.85. The number of nitrogens with zero attached hydrogens (tertiary/aromatic N) is 1. The van der Waals surface area contributed by atoms with Crippen LogP contribution in [0.2, 0.25) is 0 Å². The molecule has 5 rings (SSSR count). The normalized spacial score (nSPS) is 11.4.